The molecular weight excluding hydrogens is 368 g/mol. The molecule has 0 unspecified atom stereocenters. The van der Waals surface area contributed by atoms with E-state index >= 15 is 0 Å². The Balaban J connectivity index is 1.71. The highest BCUT2D eigenvalue weighted by Gasteiger charge is 2.15. The molecule has 0 saturated carbocycles. The summed E-state index contributed by atoms with van der Waals surface area (Å²) in [5.41, 5.74) is 3.15. The number of benzene rings is 3. The Labute approximate surface area is 168 Å². The summed E-state index contributed by atoms with van der Waals surface area (Å²) in [7, 11) is 1.28. The molecule has 0 radical (unpaired) electrons. The number of carbonyl (C=O) groups is 3. The van der Waals surface area contributed by atoms with Gasteiger partial charge in [-0.05, 0) is 61.0 Å². The summed E-state index contributed by atoms with van der Waals surface area (Å²) in [6.07, 6.45) is 0. The van der Waals surface area contributed by atoms with Gasteiger partial charge in [-0.3, -0.25) is 9.59 Å². The molecule has 0 heterocycles. The maximum atomic E-state index is 12.5. The smallest absolute Gasteiger partial charge is 0.339 e. The van der Waals surface area contributed by atoms with Crippen LogP contribution in [0.15, 0.2) is 72.8 Å². The number of rotatable bonds is 5. The number of esters is 1. The molecule has 0 aliphatic carbocycles. The summed E-state index contributed by atoms with van der Waals surface area (Å²) in [6, 6.07) is 20.3. The molecule has 146 valence electrons. The Hall–Kier alpha value is -3.93. The van der Waals surface area contributed by atoms with Gasteiger partial charge in [-0.2, -0.15) is 0 Å². The Kier molecular flexibility index (Phi) is 6.04. The first-order valence-electron chi connectivity index (χ1n) is 8.94. The maximum Gasteiger partial charge on any atom is 0.339 e. The zero-order chi connectivity index (χ0) is 20.8. The monoisotopic (exact) mass is 388 g/mol. The lowest BCUT2D eigenvalue weighted by atomic mass is 10.1. The molecule has 3 rings (SSSR count). The molecule has 3 aromatic rings. The van der Waals surface area contributed by atoms with Gasteiger partial charge in [0.2, 0.25) is 0 Å². The third-order valence-corrected chi connectivity index (χ3v) is 4.27. The normalized spacial score (nSPS) is 10.1. The van der Waals surface area contributed by atoms with Gasteiger partial charge >= 0.3 is 5.97 Å². The van der Waals surface area contributed by atoms with Crippen molar-refractivity contribution in [2.45, 2.75) is 6.92 Å². The van der Waals surface area contributed by atoms with Crippen molar-refractivity contribution in [2.75, 3.05) is 17.7 Å². The topological polar surface area (TPSA) is 84.5 Å². The molecule has 0 aliphatic rings. The number of amides is 2. The number of methoxy groups -OCH3 is 1. The van der Waals surface area contributed by atoms with Crippen molar-refractivity contribution < 1.29 is 19.1 Å². The van der Waals surface area contributed by atoms with Crippen LogP contribution in [0.3, 0.4) is 0 Å². The molecule has 6 heteroatoms. The van der Waals surface area contributed by atoms with Gasteiger partial charge in [0.25, 0.3) is 11.8 Å². The number of hydrogen-bond acceptors (Lipinski definition) is 4. The van der Waals surface area contributed by atoms with E-state index in [1.165, 1.54) is 7.11 Å². The quantitative estimate of drug-likeness (QED) is 0.639. The second-order valence-electron chi connectivity index (χ2n) is 6.39. The van der Waals surface area contributed by atoms with Crippen molar-refractivity contribution in [1.82, 2.24) is 0 Å². The van der Waals surface area contributed by atoms with E-state index in [4.69, 9.17) is 4.74 Å². The number of ether oxygens (including phenoxy) is 1. The van der Waals surface area contributed by atoms with Crippen molar-refractivity contribution in [3.63, 3.8) is 0 Å². The minimum Gasteiger partial charge on any atom is -0.465 e. The number of para-hydroxylation sites is 1. The van der Waals surface area contributed by atoms with Crippen molar-refractivity contribution in [3.05, 3.63) is 95.1 Å². The van der Waals surface area contributed by atoms with E-state index in [1.807, 2.05) is 31.2 Å². The molecule has 6 nitrogen and oxygen atoms in total. The predicted octanol–water partition coefficient (Wildman–Crippen LogP) is 4.29. The molecule has 3 aromatic carbocycles. The van der Waals surface area contributed by atoms with Gasteiger partial charge in [-0.1, -0.05) is 24.3 Å². The summed E-state index contributed by atoms with van der Waals surface area (Å²) >= 11 is 0. The largest absolute Gasteiger partial charge is 0.465 e. The van der Waals surface area contributed by atoms with Gasteiger partial charge < -0.3 is 15.4 Å². The van der Waals surface area contributed by atoms with E-state index in [-0.39, 0.29) is 11.5 Å². The number of anilines is 2. The zero-order valence-corrected chi connectivity index (χ0v) is 16.1. The first-order chi connectivity index (χ1) is 14.0. The van der Waals surface area contributed by atoms with E-state index in [0.717, 1.165) is 5.56 Å². The molecule has 0 aliphatic heterocycles. The summed E-state index contributed by atoms with van der Waals surface area (Å²) in [4.78, 5) is 36.7. The van der Waals surface area contributed by atoms with Crippen molar-refractivity contribution in [1.29, 1.82) is 0 Å². The Bertz CT molecular complexity index is 1060. The van der Waals surface area contributed by atoms with Gasteiger partial charge in [0.1, 0.15) is 0 Å². The third-order valence-electron chi connectivity index (χ3n) is 4.27. The third kappa shape index (κ3) is 4.87. The number of hydrogen-bond donors (Lipinski definition) is 2. The minimum atomic E-state index is -0.538. The Morgan fingerprint density at radius 2 is 1.38 bits per heavy atom. The summed E-state index contributed by atoms with van der Waals surface area (Å²) in [5, 5.41) is 5.52. The second kappa shape index (κ2) is 8.84. The van der Waals surface area contributed by atoms with E-state index in [9.17, 15) is 14.4 Å². The van der Waals surface area contributed by atoms with Crippen LogP contribution in [-0.2, 0) is 4.74 Å². The van der Waals surface area contributed by atoms with Crippen LogP contribution >= 0.6 is 0 Å². The first-order valence-corrected chi connectivity index (χ1v) is 8.94. The zero-order valence-electron chi connectivity index (χ0n) is 16.1. The van der Waals surface area contributed by atoms with E-state index in [1.54, 1.807) is 48.5 Å². The minimum absolute atomic E-state index is 0.262. The fourth-order valence-corrected chi connectivity index (χ4v) is 2.77. The molecule has 29 heavy (non-hydrogen) atoms. The lowest BCUT2D eigenvalue weighted by Gasteiger charge is -2.10. The van der Waals surface area contributed by atoms with Crippen molar-refractivity contribution >= 4 is 29.2 Å². The summed E-state index contributed by atoms with van der Waals surface area (Å²) in [5.74, 6) is -1.20. The van der Waals surface area contributed by atoms with Crippen LogP contribution in [0.25, 0.3) is 0 Å². The van der Waals surface area contributed by atoms with E-state index in [2.05, 4.69) is 10.6 Å². The van der Waals surface area contributed by atoms with Crippen molar-refractivity contribution in [2.24, 2.45) is 0 Å². The standard InChI is InChI=1S/C23H20N2O4/c1-15-6-5-7-18(14-15)24-21(26)16-10-12-17(13-11-16)22(27)25-20-9-4-3-8-19(20)23(28)29-2/h3-14H,1-2H3,(H,24,26)(H,25,27). The number of nitrogens with one attached hydrogen (secondary N) is 2. The average Bonchev–Trinajstić information content (AvgIpc) is 2.73. The van der Waals surface area contributed by atoms with Gasteiger partial charge in [-0.25, -0.2) is 4.79 Å². The SMILES string of the molecule is COC(=O)c1ccccc1NC(=O)c1ccc(C(=O)Nc2cccc(C)c2)cc1. The Morgan fingerprint density at radius 3 is 2.00 bits per heavy atom. The van der Waals surface area contributed by atoms with Crippen LogP contribution in [0.4, 0.5) is 11.4 Å². The van der Waals surface area contributed by atoms with E-state index in [0.29, 0.717) is 22.5 Å². The molecule has 0 atom stereocenters. The lowest BCUT2D eigenvalue weighted by molar-refractivity contribution is 0.0601. The molecule has 2 N–H and O–H groups in total. The molecule has 2 amide bonds. The summed E-state index contributed by atoms with van der Waals surface area (Å²) in [6.45, 7) is 1.95. The Morgan fingerprint density at radius 1 is 0.759 bits per heavy atom. The van der Waals surface area contributed by atoms with Crippen LogP contribution in [0.2, 0.25) is 0 Å². The highest BCUT2D eigenvalue weighted by atomic mass is 16.5. The average molecular weight is 388 g/mol. The maximum absolute atomic E-state index is 12.5. The van der Waals surface area contributed by atoms with Gasteiger partial charge in [0.05, 0.1) is 18.4 Å². The van der Waals surface area contributed by atoms with Crippen molar-refractivity contribution in [3.8, 4) is 0 Å². The van der Waals surface area contributed by atoms with Gasteiger partial charge in [0.15, 0.2) is 0 Å². The fraction of sp³-hybridized carbons (Fsp3) is 0.0870. The van der Waals surface area contributed by atoms with E-state index < -0.39 is 11.9 Å². The van der Waals surface area contributed by atoms with Crippen LogP contribution < -0.4 is 10.6 Å². The van der Waals surface area contributed by atoms with Gasteiger partial charge in [-0.15, -0.1) is 0 Å². The molecule has 0 fully saturated rings. The number of aryl methyl sites for hydroxylation is 1. The highest BCUT2D eigenvalue weighted by Crippen LogP contribution is 2.18. The second-order valence-corrected chi connectivity index (χ2v) is 6.39. The molecule has 0 spiro atoms. The molecule has 0 bridgehead atoms. The predicted molar refractivity (Wildman–Crippen MR) is 111 cm³/mol. The van der Waals surface area contributed by atoms with Gasteiger partial charge in [0, 0.05) is 16.8 Å². The highest BCUT2D eigenvalue weighted by molar-refractivity contribution is 6.09. The molecular formula is C23H20N2O4. The summed E-state index contributed by atoms with van der Waals surface area (Å²) < 4.78 is 4.73. The van der Waals surface area contributed by atoms with Crippen LogP contribution in [0.5, 0.6) is 0 Å². The lowest BCUT2D eigenvalue weighted by Crippen LogP contribution is -2.16. The van der Waals surface area contributed by atoms with Crippen LogP contribution in [0.1, 0.15) is 36.6 Å². The van der Waals surface area contributed by atoms with Crippen LogP contribution in [-0.4, -0.2) is 24.9 Å². The first kappa shape index (κ1) is 19.8. The fourth-order valence-electron chi connectivity index (χ4n) is 2.77. The molecule has 0 aromatic heterocycles. The molecule has 0 saturated heterocycles. The van der Waals surface area contributed by atoms with Crippen LogP contribution in [0, 0.1) is 6.92 Å². The number of carbonyl (C=O) groups excluding carboxylic acids is 3.